The molecule has 1 saturated heterocycles. The van der Waals surface area contributed by atoms with Crippen molar-refractivity contribution in [2.75, 3.05) is 13.1 Å². The maximum Gasteiger partial charge on any atom is 0.257 e. The lowest BCUT2D eigenvalue weighted by Crippen LogP contribution is -2.39. The summed E-state index contributed by atoms with van der Waals surface area (Å²) in [5.74, 6) is 1.84. The molecule has 37 heavy (non-hydrogen) atoms. The molecule has 1 amide bonds. The van der Waals surface area contributed by atoms with Crippen LogP contribution in [0.3, 0.4) is 0 Å². The molecule has 3 aliphatic rings. The largest absolute Gasteiger partial charge is 0.420 e. The van der Waals surface area contributed by atoms with Crippen molar-refractivity contribution in [3.63, 3.8) is 0 Å². The van der Waals surface area contributed by atoms with Gasteiger partial charge in [-0.05, 0) is 63.0 Å². The quantitative estimate of drug-likeness (QED) is 0.459. The van der Waals surface area contributed by atoms with Crippen LogP contribution in [-0.4, -0.2) is 53.8 Å². The van der Waals surface area contributed by atoms with Gasteiger partial charge >= 0.3 is 0 Å². The molecule has 1 atom stereocenters. The molecule has 188 valence electrons. The van der Waals surface area contributed by atoms with Gasteiger partial charge in [-0.1, -0.05) is 18.2 Å². The summed E-state index contributed by atoms with van der Waals surface area (Å²) in [6.07, 6.45) is 6.90. The number of carbonyl (C=O) groups is 1. The molecule has 1 unspecified atom stereocenters. The third-order valence-corrected chi connectivity index (χ3v) is 8.37. The van der Waals surface area contributed by atoms with Crippen molar-refractivity contribution >= 4 is 5.91 Å². The second kappa shape index (κ2) is 8.22. The van der Waals surface area contributed by atoms with Gasteiger partial charge in [0.25, 0.3) is 11.5 Å². The Morgan fingerprint density at radius 3 is 2.76 bits per heavy atom. The van der Waals surface area contributed by atoms with Gasteiger partial charge in [0.1, 0.15) is 0 Å². The van der Waals surface area contributed by atoms with E-state index in [2.05, 4.69) is 25.3 Å². The van der Waals surface area contributed by atoms with Crippen molar-refractivity contribution in [2.24, 2.45) is 5.41 Å². The van der Waals surface area contributed by atoms with Crippen LogP contribution in [-0.2, 0) is 12.8 Å². The Hall–Kier alpha value is -4.08. The normalized spacial score (nSPS) is 19.8. The number of hydrogen-bond donors (Lipinski definition) is 1. The Bertz CT molecular complexity index is 1560. The number of aromatic nitrogens is 6. The Kier molecular flexibility index (Phi) is 4.92. The van der Waals surface area contributed by atoms with Crippen molar-refractivity contribution in [2.45, 2.75) is 51.4 Å². The smallest absolute Gasteiger partial charge is 0.257 e. The van der Waals surface area contributed by atoms with Gasteiger partial charge < -0.3 is 9.32 Å². The van der Waals surface area contributed by atoms with Gasteiger partial charge in [-0.25, -0.2) is 9.67 Å². The third-order valence-electron chi connectivity index (χ3n) is 8.37. The number of rotatable bonds is 4. The van der Waals surface area contributed by atoms with E-state index < -0.39 is 0 Å². The van der Waals surface area contributed by atoms with Gasteiger partial charge in [0.05, 0.1) is 23.1 Å². The summed E-state index contributed by atoms with van der Waals surface area (Å²) < 4.78 is 7.58. The Labute approximate surface area is 212 Å². The van der Waals surface area contributed by atoms with Crippen LogP contribution in [0.2, 0.25) is 0 Å². The summed E-state index contributed by atoms with van der Waals surface area (Å²) >= 11 is 0. The van der Waals surface area contributed by atoms with Crippen LogP contribution in [0.15, 0.2) is 45.7 Å². The average molecular weight is 498 g/mol. The highest BCUT2D eigenvalue weighted by Crippen LogP contribution is 2.64. The summed E-state index contributed by atoms with van der Waals surface area (Å²) in [7, 11) is 0. The highest BCUT2D eigenvalue weighted by atomic mass is 16.4. The van der Waals surface area contributed by atoms with E-state index in [4.69, 9.17) is 4.42 Å². The van der Waals surface area contributed by atoms with Gasteiger partial charge in [-0.3, -0.25) is 14.6 Å². The number of nitrogens with one attached hydrogen (secondary N) is 1. The van der Waals surface area contributed by atoms with Crippen LogP contribution in [0.5, 0.6) is 0 Å². The number of nitrogens with zero attached hydrogens (tertiary/aromatic N) is 6. The van der Waals surface area contributed by atoms with Crippen molar-refractivity contribution in [3.8, 4) is 17.4 Å². The van der Waals surface area contributed by atoms with E-state index in [1.54, 1.807) is 10.9 Å². The molecule has 1 N–H and O–H groups in total. The highest BCUT2D eigenvalue weighted by Gasteiger charge is 2.58. The van der Waals surface area contributed by atoms with E-state index >= 15 is 0 Å². The lowest BCUT2D eigenvalue weighted by Gasteiger charge is -2.32. The van der Waals surface area contributed by atoms with E-state index in [-0.39, 0.29) is 22.8 Å². The SMILES string of the molecule is Cc1c(C(=O)N2CCC3(CC2)CC3c2nnc(-c3ccccc3)o2)cnn1-c1nc2c(c(=O)[nH]1)CCC2. The van der Waals surface area contributed by atoms with Crippen LogP contribution in [0.4, 0.5) is 0 Å². The fraction of sp³-hybridized carbons (Fsp3) is 0.407. The molecule has 0 radical (unpaired) electrons. The van der Waals surface area contributed by atoms with Crippen LogP contribution in [0, 0.1) is 12.3 Å². The molecule has 2 aliphatic carbocycles. The molecule has 3 aromatic heterocycles. The number of hydrogen-bond acceptors (Lipinski definition) is 7. The predicted octanol–water partition coefficient (Wildman–Crippen LogP) is 3.21. The average Bonchev–Trinajstić information content (AvgIpc) is 3.36. The topological polar surface area (TPSA) is 123 Å². The number of fused-ring (bicyclic) bond motifs is 1. The molecule has 10 nitrogen and oxygen atoms in total. The highest BCUT2D eigenvalue weighted by molar-refractivity contribution is 5.95. The number of benzene rings is 1. The minimum Gasteiger partial charge on any atom is -0.420 e. The van der Waals surface area contributed by atoms with E-state index in [0.717, 1.165) is 55.3 Å². The molecule has 1 saturated carbocycles. The Balaban J connectivity index is 1.04. The first-order valence-corrected chi connectivity index (χ1v) is 12.9. The number of aryl methyl sites for hydroxylation is 1. The maximum absolute atomic E-state index is 13.4. The zero-order chi connectivity index (χ0) is 25.1. The summed E-state index contributed by atoms with van der Waals surface area (Å²) in [5.41, 5.74) is 3.75. The molecule has 4 heterocycles. The van der Waals surface area contributed by atoms with Crippen LogP contribution in [0.1, 0.15) is 64.8 Å². The zero-order valence-electron chi connectivity index (χ0n) is 20.6. The minimum absolute atomic E-state index is 0.0385. The molecule has 10 heteroatoms. The first-order valence-electron chi connectivity index (χ1n) is 12.9. The number of aromatic amines is 1. The summed E-state index contributed by atoms with van der Waals surface area (Å²) in [6, 6.07) is 9.80. The lowest BCUT2D eigenvalue weighted by atomic mass is 9.90. The summed E-state index contributed by atoms with van der Waals surface area (Å²) in [5, 5.41) is 13.0. The molecule has 7 rings (SSSR count). The van der Waals surface area contributed by atoms with E-state index in [0.29, 0.717) is 42.1 Å². The number of amides is 1. The van der Waals surface area contributed by atoms with Crippen LogP contribution >= 0.6 is 0 Å². The first kappa shape index (κ1) is 22.1. The number of carbonyl (C=O) groups excluding carboxylic acids is 1. The third kappa shape index (κ3) is 3.61. The zero-order valence-corrected chi connectivity index (χ0v) is 20.6. The molecular weight excluding hydrogens is 470 g/mol. The monoisotopic (exact) mass is 497 g/mol. The van der Waals surface area contributed by atoms with Crippen LogP contribution in [0.25, 0.3) is 17.4 Å². The van der Waals surface area contributed by atoms with Crippen LogP contribution < -0.4 is 5.56 Å². The lowest BCUT2D eigenvalue weighted by molar-refractivity contribution is 0.0672. The van der Waals surface area contributed by atoms with Gasteiger partial charge in [0.15, 0.2) is 0 Å². The van der Waals surface area contributed by atoms with Crippen molar-refractivity contribution in [1.29, 1.82) is 0 Å². The minimum atomic E-state index is -0.113. The number of H-pyrrole nitrogens is 1. The van der Waals surface area contributed by atoms with Crippen molar-refractivity contribution in [1.82, 2.24) is 34.8 Å². The molecule has 2 fully saturated rings. The van der Waals surface area contributed by atoms with Gasteiger partial charge in [-0.2, -0.15) is 5.10 Å². The maximum atomic E-state index is 13.4. The second-order valence-electron chi connectivity index (χ2n) is 10.4. The van der Waals surface area contributed by atoms with Gasteiger partial charge in [-0.15, -0.1) is 10.2 Å². The van der Waals surface area contributed by atoms with E-state index in [9.17, 15) is 9.59 Å². The van der Waals surface area contributed by atoms with E-state index in [1.807, 2.05) is 42.2 Å². The van der Waals surface area contributed by atoms with E-state index in [1.165, 1.54) is 0 Å². The van der Waals surface area contributed by atoms with Crippen molar-refractivity contribution < 1.29 is 9.21 Å². The molecule has 1 aromatic carbocycles. The Morgan fingerprint density at radius 1 is 1.14 bits per heavy atom. The number of piperidine rings is 1. The second-order valence-corrected chi connectivity index (χ2v) is 10.4. The van der Waals surface area contributed by atoms with Gasteiger partial charge in [0.2, 0.25) is 17.7 Å². The Morgan fingerprint density at radius 2 is 1.95 bits per heavy atom. The molecule has 1 spiro atoms. The molecule has 4 aromatic rings. The predicted molar refractivity (Wildman–Crippen MR) is 133 cm³/mol. The standard InChI is InChI=1S/C27H27N7O3/c1-16-19(15-28-34(16)26-29-21-9-5-8-18(21)22(35)30-26)25(36)33-12-10-27(11-13-33)14-20(27)24-32-31-23(37-24)17-6-3-2-4-7-17/h2-4,6-7,15,20H,5,8-14H2,1H3,(H,29,30,35). The van der Waals surface area contributed by atoms with Crippen molar-refractivity contribution in [3.05, 3.63) is 75.3 Å². The first-order chi connectivity index (χ1) is 18.0. The fourth-order valence-electron chi connectivity index (χ4n) is 6.01. The number of likely N-dealkylation sites (tertiary alicyclic amines) is 1. The molecule has 1 aliphatic heterocycles. The fourth-order valence-corrected chi connectivity index (χ4v) is 6.01. The van der Waals surface area contributed by atoms with Gasteiger partial charge in [0, 0.05) is 30.1 Å². The molecular formula is C27H27N7O3. The summed E-state index contributed by atoms with van der Waals surface area (Å²) in [6.45, 7) is 3.19. The summed E-state index contributed by atoms with van der Waals surface area (Å²) in [4.78, 5) is 35.2. The molecule has 0 bridgehead atoms.